The highest BCUT2D eigenvalue weighted by Crippen LogP contribution is 2.37. The van der Waals surface area contributed by atoms with Crippen molar-refractivity contribution >= 4 is 5.91 Å². The van der Waals surface area contributed by atoms with Gasteiger partial charge in [-0.2, -0.15) is 18.3 Å². The summed E-state index contributed by atoms with van der Waals surface area (Å²) in [5.41, 5.74) is -0.133. The molecular weight excluding hydrogens is 347 g/mol. The predicted octanol–water partition coefficient (Wildman–Crippen LogP) is 2.94. The fraction of sp³-hybridized carbons (Fsp3) is 0.529. The lowest BCUT2D eigenvalue weighted by atomic mass is 10.1. The number of halogens is 3. The smallest absolute Gasteiger partial charge is 0.352 e. The first kappa shape index (κ1) is 18.3. The Hall–Kier alpha value is -2.45. The van der Waals surface area contributed by atoms with E-state index in [1.165, 1.54) is 19.3 Å². The molecule has 1 atom stereocenters. The third kappa shape index (κ3) is 4.39. The first-order chi connectivity index (χ1) is 12.2. The number of carbonyl (C=O) groups is 1. The molecule has 6 nitrogen and oxygen atoms in total. The molecule has 1 amide bonds. The first-order valence-corrected chi connectivity index (χ1v) is 8.46. The van der Waals surface area contributed by atoms with Crippen LogP contribution >= 0.6 is 0 Å². The van der Waals surface area contributed by atoms with E-state index in [0.29, 0.717) is 17.2 Å². The molecular formula is C17H20F3N5O. The number of hydrogen-bond acceptors (Lipinski definition) is 4. The van der Waals surface area contributed by atoms with Crippen LogP contribution in [0.3, 0.4) is 0 Å². The average Bonchev–Trinajstić information content (AvgIpc) is 3.35. The van der Waals surface area contributed by atoms with E-state index in [2.05, 4.69) is 20.4 Å². The molecule has 9 heteroatoms. The Morgan fingerprint density at radius 3 is 2.58 bits per heavy atom. The molecule has 2 aromatic rings. The second-order valence-corrected chi connectivity index (χ2v) is 6.77. The summed E-state index contributed by atoms with van der Waals surface area (Å²) in [4.78, 5) is 20.5. The molecule has 0 radical (unpaired) electrons. The summed E-state index contributed by atoms with van der Waals surface area (Å²) in [6, 6.07) is 1.02. The Bertz CT molecular complexity index is 781. The molecule has 1 unspecified atom stereocenters. The van der Waals surface area contributed by atoms with Gasteiger partial charge in [-0.3, -0.25) is 9.48 Å². The van der Waals surface area contributed by atoms with Gasteiger partial charge in [-0.15, -0.1) is 0 Å². The maximum absolute atomic E-state index is 13.0. The van der Waals surface area contributed by atoms with Gasteiger partial charge in [0.15, 0.2) is 0 Å². The van der Waals surface area contributed by atoms with E-state index in [4.69, 9.17) is 0 Å². The van der Waals surface area contributed by atoms with Crippen LogP contribution in [-0.2, 0) is 12.7 Å². The lowest BCUT2D eigenvalue weighted by molar-refractivity contribution is -0.144. The van der Waals surface area contributed by atoms with Crippen LogP contribution in [-0.4, -0.2) is 32.2 Å². The van der Waals surface area contributed by atoms with Crippen LogP contribution in [0, 0.1) is 12.8 Å². The number of alkyl halides is 3. The zero-order chi connectivity index (χ0) is 18.9. The fourth-order valence-corrected chi connectivity index (χ4v) is 2.65. The van der Waals surface area contributed by atoms with Crippen molar-refractivity contribution in [2.45, 2.75) is 45.3 Å². The van der Waals surface area contributed by atoms with Gasteiger partial charge in [-0.05, 0) is 31.7 Å². The molecule has 2 heterocycles. The summed E-state index contributed by atoms with van der Waals surface area (Å²) in [5.74, 6) is 0.592. The van der Waals surface area contributed by atoms with E-state index < -0.39 is 11.9 Å². The summed E-state index contributed by atoms with van der Waals surface area (Å²) in [5, 5.41) is 6.61. The quantitative estimate of drug-likeness (QED) is 0.852. The number of aromatic nitrogens is 4. The largest absolute Gasteiger partial charge is 0.433 e. The summed E-state index contributed by atoms with van der Waals surface area (Å²) in [6.45, 7) is 3.55. The number of carbonyl (C=O) groups excluding carboxylic acids is 1. The minimum atomic E-state index is -4.45. The highest BCUT2D eigenvalue weighted by Gasteiger charge is 2.35. The number of rotatable bonds is 6. The van der Waals surface area contributed by atoms with E-state index in [0.717, 1.165) is 29.4 Å². The van der Waals surface area contributed by atoms with E-state index in [1.807, 2.05) is 0 Å². The number of nitrogens with zero attached hydrogens (tertiary/aromatic N) is 4. The van der Waals surface area contributed by atoms with Gasteiger partial charge >= 0.3 is 6.18 Å². The van der Waals surface area contributed by atoms with Gasteiger partial charge in [0.25, 0.3) is 5.91 Å². The van der Waals surface area contributed by atoms with Gasteiger partial charge in [0.2, 0.25) is 0 Å². The maximum atomic E-state index is 13.0. The molecule has 0 aromatic carbocycles. The van der Waals surface area contributed by atoms with Crippen molar-refractivity contribution < 1.29 is 18.0 Å². The van der Waals surface area contributed by atoms with Gasteiger partial charge < -0.3 is 5.32 Å². The van der Waals surface area contributed by atoms with E-state index >= 15 is 0 Å². The van der Waals surface area contributed by atoms with Crippen molar-refractivity contribution in [3.05, 3.63) is 41.2 Å². The molecule has 0 saturated heterocycles. The van der Waals surface area contributed by atoms with Crippen molar-refractivity contribution in [2.24, 2.45) is 5.92 Å². The highest BCUT2D eigenvalue weighted by atomic mass is 19.4. The van der Waals surface area contributed by atoms with Crippen molar-refractivity contribution in [3.63, 3.8) is 0 Å². The average molecular weight is 367 g/mol. The second kappa shape index (κ2) is 7.05. The molecule has 140 valence electrons. The van der Waals surface area contributed by atoms with Crippen LogP contribution in [0.5, 0.6) is 0 Å². The van der Waals surface area contributed by atoms with Crippen LogP contribution in [0.4, 0.5) is 13.2 Å². The molecule has 26 heavy (non-hydrogen) atoms. The first-order valence-electron chi connectivity index (χ1n) is 8.46. The normalized spacial score (nSPS) is 15.7. The van der Waals surface area contributed by atoms with Crippen LogP contribution < -0.4 is 5.32 Å². The Kier molecular flexibility index (Phi) is 4.97. The number of amides is 1. The molecule has 1 N–H and O–H groups in total. The van der Waals surface area contributed by atoms with Crippen LogP contribution in [0.25, 0.3) is 0 Å². The number of aryl methyl sites for hydroxylation is 1. The standard InChI is InChI=1S/C17H20F3N5O/c1-10(9-25-14(17(18,19)20)5-11(2)24-25)6-23-16(26)13-7-21-15(22-8-13)12-3-4-12/h5,7-8,10,12H,3-4,6,9H2,1-2H3,(H,23,26). The number of hydrogen-bond donors (Lipinski definition) is 1. The predicted molar refractivity (Wildman–Crippen MR) is 87.5 cm³/mol. The number of nitrogens with one attached hydrogen (secondary N) is 1. The molecule has 0 bridgehead atoms. The van der Waals surface area contributed by atoms with Crippen molar-refractivity contribution in [2.75, 3.05) is 6.54 Å². The molecule has 1 aliphatic rings. The molecule has 1 aliphatic carbocycles. The van der Waals surface area contributed by atoms with Crippen molar-refractivity contribution in [1.82, 2.24) is 25.1 Å². The fourth-order valence-electron chi connectivity index (χ4n) is 2.65. The lowest BCUT2D eigenvalue weighted by Gasteiger charge is -2.16. The van der Waals surface area contributed by atoms with E-state index in [1.54, 1.807) is 6.92 Å². The minimum Gasteiger partial charge on any atom is -0.352 e. The zero-order valence-electron chi connectivity index (χ0n) is 14.5. The summed E-state index contributed by atoms with van der Waals surface area (Å²) in [6.07, 6.45) is 0.676. The van der Waals surface area contributed by atoms with E-state index in [9.17, 15) is 18.0 Å². The second-order valence-electron chi connectivity index (χ2n) is 6.77. The minimum absolute atomic E-state index is 0.0556. The molecule has 3 rings (SSSR count). The van der Waals surface area contributed by atoms with E-state index in [-0.39, 0.29) is 24.9 Å². The Labute approximate surface area is 148 Å². The van der Waals surface area contributed by atoms with Crippen molar-refractivity contribution in [3.8, 4) is 0 Å². The van der Waals surface area contributed by atoms with Gasteiger partial charge in [-0.1, -0.05) is 6.92 Å². The molecule has 0 spiro atoms. The highest BCUT2D eigenvalue weighted by molar-refractivity contribution is 5.93. The summed E-state index contributed by atoms with van der Waals surface area (Å²) >= 11 is 0. The Morgan fingerprint density at radius 2 is 2.00 bits per heavy atom. The molecule has 1 saturated carbocycles. The lowest BCUT2D eigenvalue weighted by Crippen LogP contribution is -2.31. The molecule has 0 aliphatic heterocycles. The van der Waals surface area contributed by atoms with Crippen LogP contribution in [0.2, 0.25) is 0 Å². The van der Waals surface area contributed by atoms with Gasteiger partial charge in [0.05, 0.1) is 11.3 Å². The molecule has 1 fully saturated rings. The maximum Gasteiger partial charge on any atom is 0.433 e. The van der Waals surface area contributed by atoms with Crippen molar-refractivity contribution in [1.29, 1.82) is 0 Å². The van der Waals surface area contributed by atoms with Crippen LogP contribution in [0.1, 0.15) is 53.3 Å². The summed E-state index contributed by atoms with van der Waals surface area (Å²) < 4.78 is 39.9. The molecule has 2 aromatic heterocycles. The van der Waals surface area contributed by atoms with Gasteiger partial charge in [0.1, 0.15) is 11.5 Å². The third-order valence-corrected chi connectivity index (χ3v) is 4.16. The SMILES string of the molecule is Cc1cc(C(F)(F)F)n(CC(C)CNC(=O)c2cnc(C3CC3)nc2)n1. The van der Waals surface area contributed by atoms with Crippen LogP contribution in [0.15, 0.2) is 18.5 Å². The van der Waals surface area contributed by atoms with Gasteiger partial charge in [0, 0.05) is 31.4 Å². The monoisotopic (exact) mass is 367 g/mol. The third-order valence-electron chi connectivity index (χ3n) is 4.16. The Balaban J connectivity index is 1.55. The van der Waals surface area contributed by atoms with Gasteiger partial charge in [-0.25, -0.2) is 9.97 Å². The topological polar surface area (TPSA) is 72.7 Å². The zero-order valence-corrected chi connectivity index (χ0v) is 14.5. The summed E-state index contributed by atoms with van der Waals surface area (Å²) in [7, 11) is 0. The Morgan fingerprint density at radius 1 is 1.35 bits per heavy atom.